The fraction of sp³-hybridized carbons (Fsp3) is 0.200. The van der Waals surface area contributed by atoms with Crippen LogP contribution in [0.2, 0.25) is 0 Å². The van der Waals surface area contributed by atoms with Crippen molar-refractivity contribution in [3.8, 4) is 5.75 Å². The Bertz CT molecular complexity index is 427. The number of ether oxygens (including phenoxy) is 2. The standard InChI is InChI=1S/C10H9NO4/c1-14-5-15-7-4-2-3-6-8(7)10(13)11-9(6)12/h2-4H,5H2,1H3,(H,11,12,13). The molecule has 1 N–H and O–H groups in total. The highest BCUT2D eigenvalue weighted by Gasteiger charge is 2.29. The summed E-state index contributed by atoms with van der Waals surface area (Å²) in [7, 11) is 1.48. The second-order valence-corrected chi connectivity index (χ2v) is 3.01. The van der Waals surface area contributed by atoms with Crippen molar-refractivity contribution in [2.45, 2.75) is 0 Å². The van der Waals surface area contributed by atoms with Crippen LogP contribution < -0.4 is 10.1 Å². The normalized spacial score (nSPS) is 13.7. The van der Waals surface area contributed by atoms with Gasteiger partial charge in [-0.15, -0.1) is 0 Å². The number of carbonyl (C=O) groups excluding carboxylic acids is 2. The van der Waals surface area contributed by atoms with Crippen molar-refractivity contribution in [1.29, 1.82) is 0 Å². The number of rotatable bonds is 3. The van der Waals surface area contributed by atoms with Crippen LogP contribution in [0.25, 0.3) is 0 Å². The molecule has 78 valence electrons. The van der Waals surface area contributed by atoms with Gasteiger partial charge in [0.15, 0.2) is 6.79 Å². The van der Waals surface area contributed by atoms with Crippen LogP contribution in [0.1, 0.15) is 20.7 Å². The number of hydrogen-bond acceptors (Lipinski definition) is 4. The summed E-state index contributed by atoms with van der Waals surface area (Å²) in [6, 6.07) is 4.85. The van der Waals surface area contributed by atoms with E-state index in [1.54, 1.807) is 18.2 Å². The zero-order valence-electron chi connectivity index (χ0n) is 8.07. The summed E-state index contributed by atoms with van der Waals surface area (Å²) in [6.45, 7) is 0.0396. The molecule has 1 aromatic carbocycles. The minimum atomic E-state index is -0.429. The highest BCUT2D eigenvalue weighted by Crippen LogP contribution is 2.26. The van der Waals surface area contributed by atoms with Gasteiger partial charge in [0, 0.05) is 7.11 Å². The summed E-state index contributed by atoms with van der Waals surface area (Å²) >= 11 is 0. The van der Waals surface area contributed by atoms with Crippen molar-refractivity contribution in [2.24, 2.45) is 0 Å². The van der Waals surface area contributed by atoms with Crippen LogP contribution in [-0.4, -0.2) is 25.7 Å². The zero-order chi connectivity index (χ0) is 10.8. The van der Waals surface area contributed by atoms with E-state index >= 15 is 0 Å². The van der Waals surface area contributed by atoms with E-state index in [0.717, 1.165) is 0 Å². The third-order valence-corrected chi connectivity index (χ3v) is 2.06. The summed E-state index contributed by atoms with van der Waals surface area (Å²) in [5.41, 5.74) is 0.619. The summed E-state index contributed by atoms with van der Waals surface area (Å²) in [5.74, 6) is -0.461. The molecule has 0 aliphatic carbocycles. The first-order valence-electron chi connectivity index (χ1n) is 4.34. The first-order valence-corrected chi connectivity index (χ1v) is 4.34. The van der Waals surface area contributed by atoms with Gasteiger partial charge in [-0.3, -0.25) is 14.9 Å². The SMILES string of the molecule is COCOc1cccc2c1C(=O)NC2=O. The number of fused-ring (bicyclic) bond motifs is 1. The van der Waals surface area contributed by atoms with E-state index in [9.17, 15) is 9.59 Å². The number of benzene rings is 1. The number of imide groups is 1. The predicted molar refractivity (Wildman–Crippen MR) is 50.7 cm³/mol. The van der Waals surface area contributed by atoms with Crippen LogP contribution in [0.3, 0.4) is 0 Å². The zero-order valence-corrected chi connectivity index (χ0v) is 8.07. The van der Waals surface area contributed by atoms with Crippen molar-refractivity contribution in [2.75, 3.05) is 13.9 Å². The Balaban J connectivity index is 2.41. The molecule has 2 rings (SSSR count). The van der Waals surface area contributed by atoms with Gasteiger partial charge in [0.05, 0.1) is 11.1 Å². The summed E-state index contributed by atoms with van der Waals surface area (Å²) in [5, 5.41) is 2.20. The van der Waals surface area contributed by atoms with E-state index in [2.05, 4.69) is 5.32 Å². The Hall–Kier alpha value is -1.88. The third-order valence-electron chi connectivity index (χ3n) is 2.06. The van der Waals surface area contributed by atoms with Gasteiger partial charge in [0.25, 0.3) is 11.8 Å². The lowest BCUT2D eigenvalue weighted by atomic mass is 10.1. The van der Waals surface area contributed by atoms with Crippen molar-refractivity contribution < 1.29 is 19.1 Å². The molecule has 0 saturated carbocycles. The number of carbonyl (C=O) groups is 2. The van der Waals surface area contributed by atoms with E-state index in [4.69, 9.17) is 9.47 Å². The highest BCUT2D eigenvalue weighted by atomic mass is 16.7. The molecule has 0 fully saturated rings. The molecule has 0 atom stereocenters. The lowest BCUT2D eigenvalue weighted by Crippen LogP contribution is -2.20. The van der Waals surface area contributed by atoms with Gasteiger partial charge < -0.3 is 9.47 Å². The molecule has 15 heavy (non-hydrogen) atoms. The van der Waals surface area contributed by atoms with Crippen molar-refractivity contribution >= 4 is 11.8 Å². The molecule has 5 nitrogen and oxygen atoms in total. The van der Waals surface area contributed by atoms with E-state index in [1.165, 1.54) is 7.11 Å². The molecule has 0 spiro atoms. The van der Waals surface area contributed by atoms with Crippen LogP contribution in [0.5, 0.6) is 5.75 Å². The molecule has 0 bridgehead atoms. The van der Waals surface area contributed by atoms with Crippen LogP contribution in [0, 0.1) is 0 Å². The first-order chi connectivity index (χ1) is 7.24. The summed E-state index contributed by atoms with van der Waals surface area (Å²) < 4.78 is 9.91. The smallest absolute Gasteiger partial charge is 0.262 e. The van der Waals surface area contributed by atoms with Crippen molar-refractivity contribution in [1.82, 2.24) is 5.32 Å². The lowest BCUT2D eigenvalue weighted by molar-refractivity contribution is 0.0502. The average Bonchev–Trinajstić information content (AvgIpc) is 2.53. The second-order valence-electron chi connectivity index (χ2n) is 3.01. The van der Waals surface area contributed by atoms with Crippen LogP contribution in [-0.2, 0) is 4.74 Å². The first kappa shape index (κ1) is 9.67. The quantitative estimate of drug-likeness (QED) is 0.580. The molecular formula is C10H9NO4. The minimum Gasteiger partial charge on any atom is -0.467 e. The second kappa shape index (κ2) is 3.70. The maximum atomic E-state index is 11.4. The Morgan fingerprint density at radius 1 is 1.27 bits per heavy atom. The van der Waals surface area contributed by atoms with Crippen LogP contribution >= 0.6 is 0 Å². The van der Waals surface area contributed by atoms with Gasteiger partial charge in [-0.1, -0.05) is 6.07 Å². The molecule has 0 aromatic heterocycles. The maximum Gasteiger partial charge on any atom is 0.262 e. The molecule has 1 aliphatic heterocycles. The molecule has 0 saturated heterocycles. The van der Waals surface area contributed by atoms with Crippen molar-refractivity contribution in [3.05, 3.63) is 29.3 Å². The number of hydrogen-bond donors (Lipinski definition) is 1. The topological polar surface area (TPSA) is 64.6 Å². The van der Waals surface area contributed by atoms with Gasteiger partial charge in [-0.05, 0) is 12.1 Å². The van der Waals surface area contributed by atoms with Gasteiger partial charge in [0.2, 0.25) is 0 Å². The van der Waals surface area contributed by atoms with E-state index in [-0.39, 0.29) is 12.4 Å². The molecule has 2 amide bonds. The summed E-state index contributed by atoms with van der Waals surface area (Å²) in [4.78, 5) is 22.7. The van der Waals surface area contributed by atoms with Crippen molar-refractivity contribution in [3.63, 3.8) is 0 Å². The monoisotopic (exact) mass is 207 g/mol. The molecule has 1 heterocycles. The van der Waals surface area contributed by atoms with E-state index in [1.807, 2.05) is 0 Å². The summed E-state index contributed by atoms with van der Waals surface area (Å²) in [6.07, 6.45) is 0. The van der Waals surface area contributed by atoms with Crippen LogP contribution in [0.15, 0.2) is 18.2 Å². The van der Waals surface area contributed by atoms with Gasteiger partial charge in [-0.2, -0.15) is 0 Å². The largest absolute Gasteiger partial charge is 0.467 e. The Morgan fingerprint density at radius 3 is 2.80 bits per heavy atom. The molecule has 1 aromatic rings. The van der Waals surface area contributed by atoms with E-state index < -0.39 is 11.8 Å². The van der Waals surface area contributed by atoms with E-state index in [0.29, 0.717) is 11.3 Å². The Labute approximate surface area is 86.0 Å². The third kappa shape index (κ3) is 1.57. The number of amides is 2. The fourth-order valence-corrected chi connectivity index (χ4v) is 1.43. The minimum absolute atomic E-state index is 0.0396. The highest BCUT2D eigenvalue weighted by molar-refractivity contribution is 6.22. The van der Waals surface area contributed by atoms with Gasteiger partial charge >= 0.3 is 0 Å². The molecule has 5 heteroatoms. The molecule has 1 aliphatic rings. The molecular weight excluding hydrogens is 198 g/mol. The maximum absolute atomic E-state index is 11.4. The number of methoxy groups -OCH3 is 1. The van der Waals surface area contributed by atoms with Gasteiger partial charge in [0.1, 0.15) is 5.75 Å². The Kier molecular flexibility index (Phi) is 2.39. The number of nitrogens with one attached hydrogen (secondary N) is 1. The fourth-order valence-electron chi connectivity index (χ4n) is 1.43. The lowest BCUT2D eigenvalue weighted by Gasteiger charge is -2.06. The average molecular weight is 207 g/mol. The molecule has 0 radical (unpaired) electrons. The predicted octanol–water partition coefficient (Wildman–Crippen LogP) is 0.553. The van der Waals surface area contributed by atoms with Gasteiger partial charge in [-0.25, -0.2) is 0 Å². The Morgan fingerprint density at radius 2 is 2.07 bits per heavy atom. The van der Waals surface area contributed by atoms with Crippen LogP contribution in [0.4, 0.5) is 0 Å². The molecule has 0 unspecified atom stereocenters.